The third-order valence-corrected chi connectivity index (χ3v) is 7.62. The van der Waals surface area contributed by atoms with Crippen molar-refractivity contribution in [3.05, 3.63) is 77.9 Å². The molecule has 0 radical (unpaired) electrons. The molecule has 4 fully saturated rings. The van der Waals surface area contributed by atoms with Gasteiger partial charge < -0.3 is 5.11 Å². The Hall–Kier alpha value is -2.67. The topological polar surface area (TPSA) is 59.0 Å². The molecule has 0 aromatic heterocycles. The van der Waals surface area contributed by atoms with Gasteiger partial charge in [-0.2, -0.15) is 0 Å². The maximum Gasteiger partial charge on any atom is 0.265 e. The van der Waals surface area contributed by atoms with Crippen molar-refractivity contribution in [2.75, 3.05) is 32.7 Å². The van der Waals surface area contributed by atoms with Crippen LogP contribution >= 0.6 is 0 Å². The number of carbonyl (C=O) groups excluding carboxylic acids is 1. The van der Waals surface area contributed by atoms with Crippen LogP contribution in [0.3, 0.4) is 0 Å². The van der Waals surface area contributed by atoms with Gasteiger partial charge in [0.05, 0.1) is 6.04 Å². The molecule has 1 amide bonds. The molecular weight excluding hydrogens is 424 g/mol. The molecule has 4 aliphatic rings. The lowest BCUT2D eigenvalue weighted by Crippen LogP contribution is -2.68. The van der Waals surface area contributed by atoms with Gasteiger partial charge in [0, 0.05) is 50.4 Å². The Labute approximate surface area is 202 Å². The Morgan fingerprint density at radius 1 is 1.03 bits per heavy atom. The number of piperazine rings is 1. The largest absolute Gasteiger partial charge is 0.508 e. The molecule has 0 aliphatic carbocycles. The van der Waals surface area contributed by atoms with Crippen LogP contribution in [0.5, 0.6) is 5.75 Å². The molecule has 4 aliphatic heterocycles. The summed E-state index contributed by atoms with van der Waals surface area (Å²) in [4.78, 5) is 17.9. The van der Waals surface area contributed by atoms with Crippen LogP contribution in [-0.4, -0.2) is 70.6 Å². The van der Waals surface area contributed by atoms with Crippen LogP contribution in [-0.2, 0) is 0 Å². The van der Waals surface area contributed by atoms with E-state index in [9.17, 15) is 9.90 Å². The van der Waals surface area contributed by atoms with E-state index in [2.05, 4.69) is 45.0 Å². The fraction of sp³-hybridized carbons (Fsp3) is 0.464. The number of rotatable bonds is 7. The van der Waals surface area contributed by atoms with Crippen molar-refractivity contribution in [1.82, 2.24) is 20.2 Å². The summed E-state index contributed by atoms with van der Waals surface area (Å²) in [6.07, 6.45) is 7.98. The van der Waals surface area contributed by atoms with E-state index in [0.717, 1.165) is 56.7 Å². The van der Waals surface area contributed by atoms with Gasteiger partial charge in [0.2, 0.25) is 0 Å². The molecule has 0 saturated carbocycles. The van der Waals surface area contributed by atoms with Crippen LogP contribution in [0.2, 0.25) is 0 Å². The van der Waals surface area contributed by atoms with Gasteiger partial charge in [-0.15, -0.1) is 6.58 Å². The molecule has 6 heteroatoms. The third kappa shape index (κ3) is 4.90. The van der Waals surface area contributed by atoms with Crippen LogP contribution in [0.25, 0.3) is 0 Å². The quantitative estimate of drug-likeness (QED) is 0.613. The summed E-state index contributed by atoms with van der Waals surface area (Å²) in [7, 11) is 0. The van der Waals surface area contributed by atoms with E-state index in [-0.39, 0.29) is 17.7 Å². The van der Waals surface area contributed by atoms with Gasteiger partial charge in [-0.3, -0.25) is 20.0 Å². The molecule has 2 N–H and O–H groups in total. The standard InChI is InChI=1S/C28H36N4O2/c1-2-14-32-24-18-25(32)20-30(19-24)27(23-8-7-9-26(33)17-23)21-10-12-22(13-11-21)28(34)29-31-15-5-3-4-6-16-31/h2,7-13,17,24-25,27,33H,1,3-6,14-16,18-20H2,(H,29,34). The molecule has 4 saturated heterocycles. The van der Waals surface area contributed by atoms with Crippen LogP contribution in [0.1, 0.15) is 59.6 Å². The fourth-order valence-electron chi connectivity index (χ4n) is 5.89. The van der Waals surface area contributed by atoms with E-state index in [1.807, 2.05) is 30.3 Å². The number of nitrogens with one attached hydrogen (secondary N) is 1. The molecule has 6 rings (SSSR count). The Balaban J connectivity index is 1.34. The number of hydrogen-bond donors (Lipinski definition) is 2. The third-order valence-electron chi connectivity index (χ3n) is 7.62. The fourth-order valence-corrected chi connectivity index (χ4v) is 5.89. The van der Waals surface area contributed by atoms with E-state index in [1.54, 1.807) is 6.07 Å². The zero-order chi connectivity index (χ0) is 23.5. The average molecular weight is 461 g/mol. The molecule has 2 aromatic rings. The minimum atomic E-state index is -0.0401. The normalized spacial score (nSPS) is 24.6. The molecule has 180 valence electrons. The Morgan fingerprint density at radius 2 is 1.74 bits per heavy atom. The highest BCUT2D eigenvalue weighted by molar-refractivity contribution is 5.93. The SMILES string of the molecule is C=CCN1C2CC1CN(C(c1ccc(C(=O)NN3CCCCCC3)cc1)c1cccc(O)c1)C2. The number of hydrazine groups is 1. The maximum atomic E-state index is 12.9. The van der Waals surface area contributed by atoms with Gasteiger partial charge in [0.15, 0.2) is 0 Å². The second-order valence-electron chi connectivity index (χ2n) is 9.94. The lowest BCUT2D eigenvalue weighted by molar-refractivity contribution is -0.0706. The van der Waals surface area contributed by atoms with Crippen LogP contribution in [0, 0.1) is 0 Å². The highest BCUT2D eigenvalue weighted by Gasteiger charge is 2.45. The van der Waals surface area contributed by atoms with Crippen molar-refractivity contribution in [3.8, 4) is 5.75 Å². The monoisotopic (exact) mass is 460 g/mol. The number of phenols is 1. The lowest BCUT2D eigenvalue weighted by atomic mass is 9.84. The van der Waals surface area contributed by atoms with Gasteiger partial charge in [0.25, 0.3) is 5.91 Å². The first-order valence-corrected chi connectivity index (χ1v) is 12.7. The average Bonchev–Trinajstić information content (AvgIpc) is 3.12. The summed E-state index contributed by atoms with van der Waals surface area (Å²) in [5, 5.41) is 12.2. The molecule has 0 spiro atoms. The van der Waals surface area contributed by atoms with Gasteiger partial charge >= 0.3 is 0 Å². The van der Waals surface area contributed by atoms with E-state index < -0.39 is 0 Å². The number of hydrogen-bond acceptors (Lipinski definition) is 5. The number of nitrogens with zero attached hydrogens (tertiary/aromatic N) is 3. The molecular formula is C28H36N4O2. The summed E-state index contributed by atoms with van der Waals surface area (Å²) in [5.41, 5.74) is 6.00. The second-order valence-corrected chi connectivity index (χ2v) is 9.94. The second kappa shape index (κ2) is 10.3. The van der Waals surface area contributed by atoms with Crippen LogP contribution in [0.4, 0.5) is 0 Å². The van der Waals surface area contributed by atoms with Crippen molar-refractivity contribution < 1.29 is 9.90 Å². The Kier molecular flexibility index (Phi) is 6.99. The van der Waals surface area contributed by atoms with Crippen molar-refractivity contribution in [1.29, 1.82) is 0 Å². The summed E-state index contributed by atoms with van der Waals surface area (Å²) in [5.74, 6) is 0.244. The lowest BCUT2D eigenvalue weighted by Gasteiger charge is -2.57. The summed E-state index contributed by atoms with van der Waals surface area (Å²) in [6, 6.07) is 16.8. The molecule has 2 bridgehead atoms. The molecule has 2 aromatic carbocycles. The first kappa shape index (κ1) is 23.1. The molecule has 34 heavy (non-hydrogen) atoms. The van der Waals surface area contributed by atoms with Crippen molar-refractivity contribution >= 4 is 5.91 Å². The van der Waals surface area contributed by atoms with E-state index in [1.165, 1.54) is 19.3 Å². The smallest absolute Gasteiger partial charge is 0.265 e. The zero-order valence-electron chi connectivity index (χ0n) is 19.9. The Bertz CT molecular complexity index is 988. The van der Waals surface area contributed by atoms with E-state index in [0.29, 0.717) is 17.6 Å². The summed E-state index contributed by atoms with van der Waals surface area (Å²) in [6.45, 7) is 8.68. The number of benzene rings is 2. The summed E-state index contributed by atoms with van der Waals surface area (Å²) < 4.78 is 0. The number of carbonyl (C=O) groups is 1. The van der Waals surface area contributed by atoms with Crippen LogP contribution in [0.15, 0.2) is 61.2 Å². The highest BCUT2D eigenvalue weighted by atomic mass is 16.3. The first-order valence-electron chi connectivity index (χ1n) is 12.7. The van der Waals surface area contributed by atoms with Crippen molar-refractivity contribution in [2.24, 2.45) is 0 Å². The first-order chi connectivity index (χ1) is 16.6. The number of piperidine rings is 1. The van der Waals surface area contributed by atoms with E-state index in [4.69, 9.17) is 0 Å². The van der Waals surface area contributed by atoms with Gasteiger partial charge in [-0.25, -0.2) is 5.01 Å². The van der Waals surface area contributed by atoms with Gasteiger partial charge in [-0.05, 0) is 54.7 Å². The number of fused-ring (bicyclic) bond motifs is 2. The Morgan fingerprint density at radius 3 is 2.38 bits per heavy atom. The van der Waals surface area contributed by atoms with Crippen LogP contribution < -0.4 is 5.43 Å². The van der Waals surface area contributed by atoms with Crippen molar-refractivity contribution in [3.63, 3.8) is 0 Å². The molecule has 4 heterocycles. The van der Waals surface area contributed by atoms with E-state index >= 15 is 0 Å². The minimum absolute atomic E-state index is 0.0401. The number of aromatic hydroxyl groups is 1. The molecule has 3 unspecified atom stereocenters. The van der Waals surface area contributed by atoms with Crippen molar-refractivity contribution in [2.45, 2.75) is 50.2 Å². The van der Waals surface area contributed by atoms with Gasteiger partial charge in [-0.1, -0.05) is 43.2 Å². The van der Waals surface area contributed by atoms with Gasteiger partial charge in [0.1, 0.15) is 5.75 Å². The molecule has 3 atom stereocenters. The highest BCUT2D eigenvalue weighted by Crippen LogP contribution is 2.39. The predicted octanol–water partition coefficient (Wildman–Crippen LogP) is 3.95. The number of phenolic OH excluding ortho intramolecular Hbond substituents is 1. The minimum Gasteiger partial charge on any atom is -0.508 e. The maximum absolute atomic E-state index is 12.9. The molecule has 6 nitrogen and oxygen atoms in total. The summed E-state index contributed by atoms with van der Waals surface area (Å²) >= 11 is 0. The predicted molar refractivity (Wildman–Crippen MR) is 135 cm³/mol. The zero-order valence-corrected chi connectivity index (χ0v) is 19.9. The number of amides is 1.